The van der Waals surface area contributed by atoms with Gasteiger partial charge in [0.2, 0.25) is 6.16 Å². The average Bonchev–Trinajstić information content (AvgIpc) is 1.27. The second-order valence-electron chi connectivity index (χ2n) is 1.19. The van der Waals surface area contributed by atoms with E-state index in [0.717, 1.165) is 0 Å². The first-order chi connectivity index (χ1) is 3.13. The second kappa shape index (κ2) is 5.86. The summed E-state index contributed by atoms with van der Waals surface area (Å²) in [6, 6.07) is 0. The van der Waals surface area contributed by atoms with Gasteiger partial charge in [-0.3, -0.25) is 4.79 Å². The molecule has 0 N–H and O–H groups in total. The van der Waals surface area contributed by atoms with Gasteiger partial charge in [-0.15, -0.1) is 0 Å². The van der Waals surface area contributed by atoms with Gasteiger partial charge in [-0.05, 0) is 6.92 Å². The van der Waals surface area contributed by atoms with Crippen molar-refractivity contribution in [1.29, 1.82) is 0 Å². The summed E-state index contributed by atoms with van der Waals surface area (Å²) in [4.78, 5) is 19.5. The summed E-state index contributed by atoms with van der Waals surface area (Å²) in [5.41, 5.74) is 0. The summed E-state index contributed by atoms with van der Waals surface area (Å²) in [5, 5.41) is 0. The van der Waals surface area contributed by atoms with Crippen molar-refractivity contribution in [2.75, 3.05) is 6.16 Å². The Labute approximate surface area is 70.6 Å². The minimum atomic E-state index is -2.49. The SMILES string of the molecule is CC(=O)C[P+](=O)[O-].[Na+]. The number of Topliss-reactive ketones (excluding diaryl/α,β-unsaturated/α-hetero) is 1. The molecule has 0 radical (unpaired) electrons. The van der Waals surface area contributed by atoms with E-state index in [0.29, 0.717) is 0 Å². The number of hydrogen-bond acceptors (Lipinski definition) is 3. The third-order valence-electron chi connectivity index (χ3n) is 0.352. The van der Waals surface area contributed by atoms with Gasteiger partial charge in [0, 0.05) is 0 Å². The van der Waals surface area contributed by atoms with Gasteiger partial charge in [-0.1, -0.05) is 4.57 Å². The van der Waals surface area contributed by atoms with Crippen molar-refractivity contribution < 1.29 is 43.8 Å². The Bertz CT molecular complexity index is 90.7. The molecule has 0 saturated carbocycles. The van der Waals surface area contributed by atoms with E-state index in [2.05, 4.69) is 0 Å². The zero-order chi connectivity index (χ0) is 5.86. The van der Waals surface area contributed by atoms with Crippen LogP contribution < -0.4 is 34.5 Å². The van der Waals surface area contributed by atoms with Gasteiger partial charge in [0.15, 0.2) is 5.78 Å². The zero-order valence-corrected chi connectivity index (χ0v) is 7.77. The summed E-state index contributed by atoms with van der Waals surface area (Å²) in [6.07, 6.45) is -0.324. The average molecular weight is 143 g/mol. The minimum absolute atomic E-state index is 0. The normalized spacial score (nSPS) is 9.50. The maximum Gasteiger partial charge on any atom is 1.00 e. The fourth-order valence-electron chi connectivity index (χ4n) is 0.182. The molecule has 0 aromatic heterocycles. The maximum atomic E-state index is 9.87. The van der Waals surface area contributed by atoms with Crippen LogP contribution in [-0.4, -0.2) is 11.9 Å². The Morgan fingerprint density at radius 2 is 2.12 bits per heavy atom. The Morgan fingerprint density at radius 3 is 2.12 bits per heavy atom. The molecule has 0 fully saturated rings. The Balaban J connectivity index is 0. The van der Waals surface area contributed by atoms with Crippen LogP contribution in [0, 0.1) is 0 Å². The van der Waals surface area contributed by atoms with Gasteiger partial charge in [-0.2, -0.15) is 0 Å². The number of carbonyl (C=O) groups excluding carboxylic acids is 1. The molecule has 0 rings (SSSR count). The van der Waals surface area contributed by atoms with Crippen LogP contribution in [-0.2, 0) is 9.36 Å². The standard InChI is InChI=1S/C3H5O3P.Na/c1-3(4)2-7(5)6;/h2H2,1H3;/q;+1. The molecule has 0 aromatic carbocycles. The molecule has 0 spiro atoms. The van der Waals surface area contributed by atoms with Gasteiger partial charge in [0.05, 0.1) is 0 Å². The van der Waals surface area contributed by atoms with Crippen LogP contribution in [0.25, 0.3) is 0 Å². The van der Waals surface area contributed by atoms with Gasteiger partial charge < -0.3 is 4.89 Å². The summed E-state index contributed by atoms with van der Waals surface area (Å²) < 4.78 is 9.63. The smallest absolute Gasteiger partial charge is 0.595 e. The first-order valence-electron chi connectivity index (χ1n) is 1.74. The van der Waals surface area contributed by atoms with Crippen LogP contribution >= 0.6 is 8.03 Å². The van der Waals surface area contributed by atoms with Crippen LogP contribution in [0.2, 0.25) is 0 Å². The predicted molar refractivity (Wildman–Crippen MR) is 23.2 cm³/mol. The van der Waals surface area contributed by atoms with E-state index >= 15 is 0 Å². The Kier molecular flexibility index (Phi) is 8.44. The molecule has 0 bridgehead atoms. The quantitative estimate of drug-likeness (QED) is 0.300. The molecule has 0 aliphatic heterocycles. The number of hydrogen-bond donors (Lipinski definition) is 0. The molecule has 40 valence electrons. The zero-order valence-electron chi connectivity index (χ0n) is 4.88. The van der Waals surface area contributed by atoms with Crippen LogP contribution in [0.3, 0.4) is 0 Å². The Morgan fingerprint density at radius 1 is 1.75 bits per heavy atom. The molecule has 3 nitrogen and oxygen atoms in total. The van der Waals surface area contributed by atoms with Crippen molar-refractivity contribution in [3.63, 3.8) is 0 Å². The first-order valence-corrected chi connectivity index (χ1v) is 3.10. The fraction of sp³-hybridized carbons (Fsp3) is 0.667. The molecule has 0 heterocycles. The molecule has 1 atom stereocenters. The van der Waals surface area contributed by atoms with Crippen molar-refractivity contribution in [1.82, 2.24) is 0 Å². The number of carbonyl (C=O) groups is 1. The molecule has 0 aliphatic carbocycles. The third kappa shape index (κ3) is 9.88. The van der Waals surface area contributed by atoms with Crippen molar-refractivity contribution in [2.45, 2.75) is 6.92 Å². The summed E-state index contributed by atoms with van der Waals surface area (Å²) in [6.45, 7) is 1.24. The summed E-state index contributed by atoms with van der Waals surface area (Å²) in [5.74, 6) is -0.309. The van der Waals surface area contributed by atoms with E-state index in [1.807, 2.05) is 0 Å². The van der Waals surface area contributed by atoms with Crippen LogP contribution in [0.4, 0.5) is 0 Å². The number of ketones is 1. The van der Waals surface area contributed by atoms with Gasteiger partial charge >= 0.3 is 37.6 Å². The summed E-state index contributed by atoms with van der Waals surface area (Å²) in [7, 11) is -2.49. The molecular formula is C3H5NaO3P+. The topological polar surface area (TPSA) is 57.2 Å². The Hall–Kier alpha value is 0.730. The summed E-state index contributed by atoms with van der Waals surface area (Å²) >= 11 is 0. The van der Waals surface area contributed by atoms with Gasteiger partial charge in [0.25, 0.3) is 0 Å². The molecule has 1 unspecified atom stereocenters. The van der Waals surface area contributed by atoms with E-state index < -0.39 is 8.03 Å². The molecule has 5 heteroatoms. The van der Waals surface area contributed by atoms with E-state index in [4.69, 9.17) is 0 Å². The minimum Gasteiger partial charge on any atom is -0.595 e. The van der Waals surface area contributed by atoms with Crippen LogP contribution in [0.15, 0.2) is 0 Å². The predicted octanol–water partition coefficient (Wildman–Crippen LogP) is -3.32. The van der Waals surface area contributed by atoms with E-state index in [1.165, 1.54) is 6.92 Å². The monoisotopic (exact) mass is 143 g/mol. The molecule has 0 aromatic rings. The first kappa shape index (κ1) is 11.5. The van der Waals surface area contributed by atoms with Crippen LogP contribution in [0.1, 0.15) is 6.92 Å². The van der Waals surface area contributed by atoms with Crippen LogP contribution in [0.5, 0.6) is 0 Å². The van der Waals surface area contributed by atoms with E-state index in [-0.39, 0.29) is 41.5 Å². The van der Waals surface area contributed by atoms with Crippen molar-refractivity contribution >= 4 is 13.8 Å². The molecule has 0 aliphatic rings. The third-order valence-corrected chi connectivity index (χ3v) is 1.06. The van der Waals surface area contributed by atoms with Gasteiger partial charge in [0.1, 0.15) is 0 Å². The van der Waals surface area contributed by atoms with Crippen molar-refractivity contribution in [3.05, 3.63) is 0 Å². The van der Waals surface area contributed by atoms with Crippen molar-refractivity contribution in [2.24, 2.45) is 0 Å². The van der Waals surface area contributed by atoms with E-state index in [1.54, 1.807) is 0 Å². The second-order valence-corrected chi connectivity index (χ2v) is 2.17. The van der Waals surface area contributed by atoms with E-state index in [9.17, 15) is 14.3 Å². The molecule has 0 amide bonds. The molecule has 0 saturated heterocycles. The number of rotatable bonds is 2. The largest absolute Gasteiger partial charge is 1.00 e. The maximum absolute atomic E-state index is 9.87. The molecule has 8 heavy (non-hydrogen) atoms. The fourth-order valence-corrected chi connectivity index (χ4v) is 0.545. The van der Waals surface area contributed by atoms with Crippen molar-refractivity contribution in [3.8, 4) is 0 Å². The molecular weight excluding hydrogens is 138 g/mol. The van der Waals surface area contributed by atoms with Gasteiger partial charge in [-0.25, -0.2) is 0 Å².